The van der Waals surface area contributed by atoms with Gasteiger partial charge in [-0.05, 0) is 70.6 Å². The molecule has 0 spiro atoms. The molecule has 7 nitrogen and oxygen atoms in total. The summed E-state index contributed by atoms with van der Waals surface area (Å²) >= 11 is 0. The predicted molar refractivity (Wildman–Crippen MR) is 124 cm³/mol. The zero-order chi connectivity index (χ0) is 23.3. The minimum atomic E-state index is -0.244. The van der Waals surface area contributed by atoms with E-state index >= 15 is 0 Å². The number of aryl methyl sites for hydroxylation is 1. The predicted octanol–water partition coefficient (Wildman–Crippen LogP) is 3.47. The fourth-order valence-corrected chi connectivity index (χ4v) is 5.11. The van der Waals surface area contributed by atoms with Gasteiger partial charge in [-0.25, -0.2) is 0 Å². The van der Waals surface area contributed by atoms with E-state index in [0.717, 1.165) is 42.9 Å². The van der Waals surface area contributed by atoms with Gasteiger partial charge in [0.15, 0.2) is 0 Å². The Kier molecular flexibility index (Phi) is 8.14. The van der Waals surface area contributed by atoms with Crippen molar-refractivity contribution in [2.45, 2.75) is 58.9 Å². The molecule has 0 N–H and O–H groups in total. The van der Waals surface area contributed by atoms with Crippen LogP contribution in [0.4, 0.5) is 0 Å². The van der Waals surface area contributed by atoms with Gasteiger partial charge in [0.2, 0.25) is 5.91 Å². The average Bonchev–Trinajstić information content (AvgIpc) is 3.10. The Hall–Kier alpha value is -2.59. The number of carbonyl (C=O) groups is 2. The minimum absolute atomic E-state index is 0.00661. The molecule has 0 bridgehead atoms. The van der Waals surface area contributed by atoms with E-state index in [1.54, 1.807) is 18.1 Å². The quantitative estimate of drug-likeness (QED) is 0.501. The van der Waals surface area contributed by atoms with Gasteiger partial charge < -0.3 is 19.1 Å². The van der Waals surface area contributed by atoms with Crippen LogP contribution >= 0.6 is 0 Å². The molecule has 2 amide bonds. The molecule has 0 saturated carbocycles. The van der Waals surface area contributed by atoms with Gasteiger partial charge in [0.25, 0.3) is 5.91 Å². The average molecular weight is 441 g/mol. The van der Waals surface area contributed by atoms with Crippen molar-refractivity contribution in [3.05, 3.63) is 28.6 Å². The highest BCUT2D eigenvalue weighted by Gasteiger charge is 2.31. The van der Waals surface area contributed by atoms with Gasteiger partial charge in [0.1, 0.15) is 11.6 Å². The summed E-state index contributed by atoms with van der Waals surface area (Å²) in [7, 11) is 1.68. The second kappa shape index (κ2) is 10.8. The second-order valence-corrected chi connectivity index (χ2v) is 9.12. The highest BCUT2D eigenvalue weighted by Crippen LogP contribution is 2.25. The van der Waals surface area contributed by atoms with E-state index in [0.29, 0.717) is 32.5 Å². The fraction of sp³-hybridized carbons (Fsp3) is 0.640. The molecule has 2 saturated heterocycles. The number of methoxy groups -OCH3 is 1. The largest absolute Gasteiger partial charge is 0.383 e. The Morgan fingerprint density at radius 3 is 2.41 bits per heavy atom. The van der Waals surface area contributed by atoms with Crippen molar-refractivity contribution in [2.75, 3.05) is 39.9 Å². The lowest BCUT2D eigenvalue weighted by molar-refractivity contribution is -0.140. The number of ether oxygens (including phenoxy) is 1. The van der Waals surface area contributed by atoms with E-state index in [2.05, 4.69) is 17.6 Å². The SMILES string of the molecule is COCC(C)n1c(C)cc(/C=C(\C#N)C(=O)N2CCC(C(=O)N3CCCCC3)CC2)c1C. The maximum atomic E-state index is 13.1. The Labute approximate surface area is 191 Å². The fourth-order valence-electron chi connectivity index (χ4n) is 5.11. The molecule has 1 atom stereocenters. The molecular formula is C25H36N4O3. The molecule has 0 aliphatic carbocycles. The lowest BCUT2D eigenvalue weighted by Crippen LogP contribution is -2.46. The first-order valence-corrected chi connectivity index (χ1v) is 11.7. The summed E-state index contributed by atoms with van der Waals surface area (Å²) in [5, 5.41) is 9.71. The third-order valence-electron chi connectivity index (χ3n) is 6.82. The summed E-state index contributed by atoms with van der Waals surface area (Å²) in [6, 6.07) is 4.28. The Bertz CT molecular complexity index is 897. The van der Waals surface area contributed by atoms with Crippen LogP contribution in [0.2, 0.25) is 0 Å². The zero-order valence-electron chi connectivity index (χ0n) is 19.9. The first kappa shape index (κ1) is 24.1. The van der Waals surface area contributed by atoms with Gasteiger partial charge in [-0.15, -0.1) is 0 Å². The molecular weight excluding hydrogens is 404 g/mol. The highest BCUT2D eigenvalue weighted by atomic mass is 16.5. The number of rotatable bonds is 6. The normalized spacial score (nSPS) is 19.0. The number of piperidine rings is 2. The van der Waals surface area contributed by atoms with Crippen LogP contribution in [0, 0.1) is 31.1 Å². The van der Waals surface area contributed by atoms with Gasteiger partial charge in [-0.1, -0.05) is 0 Å². The number of aromatic nitrogens is 1. The number of amides is 2. The number of carbonyl (C=O) groups excluding carboxylic acids is 2. The summed E-state index contributed by atoms with van der Waals surface area (Å²) < 4.78 is 7.46. The van der Waals surface area contributed by atoms with Crippen molar-refractivity contribution >= 4 is 17.9 Å². The molecule has 32 heavy (non-hydrogen) atoms. The van der Waals surface area contributed by atoms with E-state index in [1.807, 2.05) is 24.8 Å². The van der Waals surface area contributed by atoms with Crippen LogP contribution in [0.1, 0.15) is 62.0 Å². The van der Waals surface area contributed by atoms with Crippen LogP contribution < -0.4 is 0 Å². The number of hydrogen-bond donors (Lipinski definition) is 0. The first-order valence-electron chi connectivity index (χ1n) is 11.7. The van der Waals surface area contributed by atoms with E-state index in [-0.39, 0.29) is 29.3 Å². The molecule has 2 aliphatic rings. The number of nitrogens with zero attached hydrogens (tertiary/aromatic N) is 4. The molecule has 1 aromatic heterocycles. The summed E-state index contributed by atoms with van der Waals surface area (Å²) in [4.78, 5) is 29.6. The molecule has 3 rings (SSSR count). The van der Waals surface area contributed by atoms with E-state index in [4.69, 9.17) is 4.74 Å². The zero-order valence-corrected chi connectivity index (χ0v) is 19.9. The van der Waals surface area contributed by atoms with E-state index in [1.165, 1.54) is 6.42 Å². The van der Waals surface area contributed by atoms with Crippen LogP contribution in [-0.2, 0) is 14.3 Å². The molecule has 2 aliphatic heterocycles. The molecule has 1 unspecified atom stereocenters. The topological polar surface area (TPSA) is 78.6 Å². The van der Waals surface area contributed by atoms with Crippen molar-refractivity contribution in [1.82, 2.24) is 14.4 Å². The molecule has 0 aromatic carbocycles. The summed E-state index contributed by atoms with van der Waals surface area (Å²) in [6.45, 7) is 9.47. The molecule has 2 fully saturated rings. The van der Waals surface area contributed by atoms with Gasteiger partial charge >= 0.3 is 0 Å². The van der Waals surface area contributed by atoms with Crippen LogP contribution in [0.3, 0.4) is 0 Å². The van der Waals surface area contributed by atoms with Gasteiger partial charge in [0.05, 0.1) is 12.6 Å². The third-order valence-corrected chi connectivity index (χ3v) is 6.82. The van der Waals surface area contributed by atoms with Crippen molar-refractivity contribution in [3.8, 4) is 6.07 Å². The van der Waals surface area contributed by atoms with Crippen molar-refractivity contribution in [3.63, 3.8) is 0 Å². The summed E-state index contributed by atoms with van der Waals surface area (Å²) in [6.07, 6.45) is 6.42. The van der Waals surface area contributed by atoms with Gasteiger partial charge in [0, 0.05) is 50.6 Å². The van der Waals surface area contributed by atoms with Crippen molar-refractivity contribution in [1.29, 1.82) is 5.26 Å². The monoisotopic (exact) mass is 440 g/mol. The van der Waals surface area contributed by atoms with Crippen LogP contribution in [-0.4, -0.2) is 66.1 Å². The Morgan fingerprint density at radius 1 is 1.16 bits per heavy atom. The number of likely N-dealkylation sites (tertiary alicyclic amines) is 2. The van der Waals surface area contributed by atoms with E-state index in [9.17, 15) is 14.9 Å². The first-order chi connectivity index (χ1) is 15.4. The van der Waals surface area contributed by atoms with Crippen LogP contribution in [0.5, 0.6) is 0 Å². The molecule has 174 valence electrons. The number of nitriles is 1. The maximum absolute atomic E-state index is 13.1. The van der Waals surface area contributed by atoms with Crippen molar-refractivity contribution < 1.29 is 14.3 Å². The molecule has 3 heterocycles. The Morgan fingerprint density at radius 2 is 1.81 bits per heavy atom. The smallest absolute Gasteiger partial charge is 0.264 e. The van der Waals surface area contributed by atoms with Crippen molar-refractivity contribution in [2.24, 2.45) is 5.92 Å². The van der Waals surface area contributed by atoms with E-state index < -0.39 is 0 Å². The lowest BCUT2D eigenvalue weighted by atomic mass is 9.94. The summed E-state index contributed by atoms with van der Waals surface area (Å²) in [5.74, 6) is -0.00977. The van der Waals surface area contributed by atoms with Gasteiger partial charge in [-0.3, -0.25) is 9.59 Å². The van der Waals surface area contributed by atoms with Crippen LogP contribution in [0.25, 0.3) is 6.08 Å². The Balaban J connectivity index is 1.67. The molecule has 0 radical (unpaired) electrons. The van der Waals surface area contributed by atoms with Gasteiger partial charge in [-0.2, -0.15) is 5.26 Å². The minimum Gasteiger partial charge on any atom is -0.383 e. The maximum Gasteiger partial charge on any atom is 0.264 e. The number of hydrogen-bond acceptors (Lipinski definition) is 4. The third kappa shape index (κ3) is 5.24. The standard InChI is InChI=1S/C25H36N4O3/c1-18-14-22(20(3)29(18)19(2)17-32-4)15-23(16-26)25(31)28-12-8-21(9-13-28)24(30)27-10-6-5-7-11-27/h14-15,19,21H,5-13,17H2,1-4H3/b23-15+. The van der Waals surface area contributed by atoms with Crippen LogP contribution in [0.15, 0.2) is 11.6 Å². The molecule has 7 heteroatoms. The molecule has 1 aromatic rings. The lowest BCUT2D eigenvalue weighted by Gasteiger charge is -2.35. The summed E-state index contributed by atoms with van der Waals surface area (Å²) in [5.41, 5.74) is 3.11. The highest BCUT2D eigenvalue weighted by molar-refractivity contribution is 6.02. The second-order valence-electron chi connectivity index (χ2n) is 9.12.